The average molecular weight is 522 g/mol. The van der Waals surface area contributed by atoms with Crippen molar-refractivity contribution in [3.05, 3.63) is 61.5 Å². The van der Waals surface area contributed by atoms with Crippen LogP contribution in [0.25, 0.3) is 6.08 Å². The van der Waals surface area contributed by atoms with Crippen molar-refractivity contribution in [2.75, 3.05) is 13.2 Å². The molecule has 0 fully saturated rings. The Balaban J connectivity index is 2.25. The Morgan fingerprint density at radius 2 is 1.93 bits per heavy atom. The zero-order chi connectivity index (χ0) is 21.5. The van der Waals surface area contributed by atoms with E-state index in [9.17, 15) is 17.6 Å². The van der Waals surface area contributed by atoms with E-state index in [1.165, 1.54) is 17.0 Å². The SMILES string of the molecule is C/C=C\c1c(C)[nH]c2c1C[C@@H](C)N(CC(F)(F)CO)[C@@H]2c1c(F)cc(I)cc1F. The summed E-state index contributed by atoms with van der Waals surface area (Å²) in [6, 6.07) is 0.925. The number of hydrogen-bond donors (Lipinski definition) is 2. The van der Waals surface area contributed by atoms with E-state index in [2.05, 4.69) is 4.98 Å². The van der Waals surface area contributed by atoms with Crippen molar-refractivity contribution < 1.29 is 22.7 Å². The van der Waals surface area contributed by atoms with E-state index in [1.54, 1.807) is 6.92 Å². The van der Waals surface area contributed by atoms with Crippen LogP contribution in [-0.2, 0) is 6.42 Å². The molecule has 2 N–H and O–H groups in total. The number of halogens is 5. The molecule has 29 heavy (non-hydrogen) atoms. The molecular weight excluding hydrogens is 499 g/mol. The summed E-state index contributed by atoms with van der Waals surface area (Å²) in [7, 11) is 0. The second-order valence-electron chi connectivity index (χ2n) is 7.48. The molecule has 0 spiro atoms. The Morgan fingerprint density at radius 1 is 1.31 bits per heavy atom. The molecule has 1 aliphatic heterocycles. The highest BCUT2D eigenvalue weighted by Gasteiger charge is 2.43. The van der Waals surface area contributed by atoms with Crippen molar-refractivity contribution in [2.45, 2.75) is 45.2 Å². The molecule has 0 radical (unpaired) electrons. The van der Waals surface area contributed by atoms with Crippen LogP contribution < -0.4 is 0 Å². The van der Waals surface area contributed by atoms with E-state index in [1.807, 2.05) is 48.6 Å². The third kappa shape index (κ3) is 4.25. The molecule has 2 heterocycles. The number of allylic oxidation sites excluding steroid dienone is 1. The van der Waals surface area contributed by atoms with E-state index in [-0.39, 0.29) is 5.56 Å². The van der Waals surface area contributed by atoms with Crippen LogP contribution in [0.4, 0.5) is 17.6 Å². The van der Waals surface area contributed by atoms with Crippen molar-refractivity contribution in [2.24, 2.45) is 0 Å². The number of aliphatic hydroxyl groups excluding tert-OH is 1. The predicted molar refractivity (Wildman–Crippen MR) is 113 cm³/mol. The van der Waals surface area contributed by atoms with Crippen LogP contribution in [0.3, 0.4) is 0 Å². The third-order valence-electron chi connectivity index (χ3n) is 5.34. The summed E-state index contributed by atoms with van der Waals surface area (Å²) in [5.74, 6) is -4.96. The van der Waals surface area contributed by atoms with Crippen molar-refractivity contribution in [1.82, 2.24) is 9.88 Å². The lowest BCUT2D eigenvalue weighted by Crippen LogP contribution is -2.49. The van der Waals surface area contributed by atoms with E-state index in [0.717, 1.165) is 16.8 Å². The van der Waals surface area contributed by atoms with Crippen molar-refractivity contribution in [3.8, 4) is 0 Å². The maximum absolute atomic E-state index is 14.9. The number of H-pyrrole nitrogens is 1. The second kappa shape index (κ2) is 8.39. The number of rotatable bonds is 5. The van der Waals surface area contributed by atoms with Crippen LogP contribution in [0.1, 0.15) is 48.0 Å². The molecule has 2 aromatic rings. The molecule has 158 valence electrons. The molecule has 0 amide bonds. The maximum atomic E-state index is 14.9. The molecule has 0 saturated heterocycles. The minimum absolute atomic E-state index is 0.264. The van der Waals surface area contributed by atoms with Gasteiger partial charge in [-0.2, -0.15) is 0 Å². The molecule has 3 rings (SSSR count). The molecule has 0 aliphatic carbocycles. The van der Waals surface area contributed by atoms with Crippen molar-refractivity contribution >= 4 is 28.7 Å². The van der Waals surface area contributed by atoms with E-state index < -0.39 is 42.8 Å². The maximum Gasteiger partial charge on any atom is 0.283 e. The fourth-order valence-corrected chi connectivity index (χ4v) is 4.63. The Hall–Kier alpha value is -1.39. The van der Waals surface area contributed by atoms with E-state index in [0.29, 0.717) is 15.7 Å². The van der Waals surface area contributed by atoms with Gasteiger partial charge in [-0.1, -0.05) is 12.2 Å². The van der Waals surface area contributed by atoms with Gasteiger partial charge in [0.05, 0.1) is 12.6 Å². The summed E-state index contributed by atoms with van der Waals surface area (Å²) in [5, 5.41) is 9.08. The number of nitrogens with zero attached hydrogens (tertiary/aromatic N) is 1. The van der Waals surface area contributed by atoms with Gasteiger partial charge in [0.25, 0.3) is 5.92 Å². The zero-order valence-electron chi connectivity index (χ0n) is 16.4. The summed E-state index contributed by atoms with van der Waals surface area (Å²) in [6.45, 7) is 3.34. The summed E-state index contributed by atoms with van der Waals surface area (Å²) >= 11 is 1.81. The number of aromatic amines is 1. The van der Waals surface area contributed by atoms with Crippen LogP contribution in [0.5, 0.6) is 0 Å². The summed E-state index contributed by atoms with van der Waals surface area (Å²) in [4.78, 5) is 4.56. The van der Waals surface area contributed by atoms with Gasteiger partial charge in [-0.25, -0.2) is 17.6 Å². The van der Waals surface area contributed by atoms with Gasteiger partial charge in [-0.15, -0.1) is 0 Å². The normalized spacial score (nSPS) is 20.4. The first kappa shape index (κ1) is 22.3. The Morgan fingerprint density at radius 3 is 2.48 bits per heavy atom. The van der Waals surface area contributed by atoms with Crippen LogP contribution in [0, 0.1) is 22.1 Å². The lowest BCUT2D eigenvalue weighted by atomic mass is 9.87. The van der Waals surface area contributed by atoms with Crippen LogP contribution in [0.2, 0.25) is 0 Å². The Bertz CT molecular complexity index is 918. The molecular formula is C21H23F4IN2O. The highest BCUT2D eigenvalue weighted by atomic mass is 127. The highest BCUT2D eigenvalue weighted by Crippen LogP contribution is 2.43. The summed E-state index contributed by atoms with van der Waals surface area (Å²) in [5.41, 5.74) is 2.85. The fourth-order valence-electron chi connectivity index (χ4n) is 4.08. The number of nitrogens with one attached hydrogen (secondary N) is 1. The van der Waals surface area contributed by atoms with Crippen molar-refractivity contribution in [1.29, 1.82) is 0 Å². The van der Waals surface area contributed by atoms with Gasteiger partial charge in [-0.05, 0) is 73.0 Å². The van der Waals surface area contributed by atoms with Gasteiger partial charge in [0, 0.05) is 26.6 Å². The summed E-state index contributed by atoms with van der Waals surface area (Å²) in [6.07, 6.45) is 4.23. The fraction of sp³-hybridized carbons (Fsp3) is 0.429. The molecule has 1 aromatic carbocycles. The molecule has 0 unspecified atom stereocenters. The van der Waals surface area contributed by atoms with E-state index >= 15 is 0 Å². The second-order valence-corrected chi connectivity index (χ2v) is 8.73. The zero-order valence-corrected chi connectivity index (χ0v) is 18.5. The topological polar surface area (TPSA) is 39.3 Å². The number of aliphatic hydroxyl groups is 1. The molecule has 8 heteroatoms. The molecule has 3 nitrogen and oxygen atoms in total. The molecule has 1 aromatic heterocycles. The first-order chi connectivity index (χ1) is 13.6. The van der Waals surface area contributed by atoms with E-state index in [4.69, 9.17) is 5.11 Å². The average Bonchev–Trinajstić information content (AvgIpc) is 2.92. The van der Waals surface area contributed by atoms with Gasteiger partial charge in [0.15, 0.2) is 0 Å². The first-order valence-electron chi connectivity index (χ1n) is 9.32. The first-order valence-corrected chi connectivity index (χ1v) is 10.4. The van der Waals surface area contributed by atoms with Crippen LogP contribution in [0.15, 0.2) is 18.2 Å². The lowest BCUT2D eigenvalue weighted by molar-refractivity contribution is -0.0869. The monoisotopic (exact) mass is 522 g/mol. The molecule has 1 aliphatic rings. The largest absolute Gasteiger partial charge is 0.390 e. The van der Waals surface area contributed by atoms with Gasteiger partial charge in [-0.3, -0.25) is 4.90 Å². The lowest BCUT2D eigenvalue weighted by Gasteiger charge is -2.42. The van der Waals surface area contributed by atoms with Gasteiger partial charge >= 0.3 is 0 Å². The molecule has 2 atom stereocenters. The number of alkyl halides is 2. The number of benzene rings is 1. The minimum Gasteiger partial charge on any atom is -0.390 e. The smallest absolute Gasteiger partial charge is 0.283 e. The summed E-state index contributed by atoms with van der Waals surface area (Å²) < 4.78 is 58.5. The number of aromatic nitrogens is 1. The third-order valence-corrected chi connectivity index (χ3v) is 5.97. The highest BCUT2D eigenvalue weighted by molar-refractivity contribution is 14.1. The molecule has 0 bridgehead atoms. The number of hydrogen-bond acceptors (Lipinski definition) is 2. The Labute approximate surface area is 180 Å². The number of aryl methyl sites for hydroxylation is 1. The van der Waals surface area contributed by atoms with Gasteiger partial charge < -0.3 is 10.1 Å². The van der Waals surface area contributed by atoms with Gasteiger partial charge in [0.1, 0.15) is 18.2 Å². The van der Waals surface area contributed by atoms with Crippen LogP contribution >= 0.6 is 22.6 Å². The number of fused-ring (bicyclic) bond motifs is 1. The quantitative estimate of drug-likeness (QED) is 0.419. The Kier molecular flexibility index (Phi) is 6.45. The minimum atomic E-state index is -3.39. The van der Waals surface area contributed by atoms with Gasteiger partial charge in [0.2, 0.25) is 0 Å². The molecule has 0 saturated carbocycles. The van der Waals surface area contributed by atoms with Crippen LogP contribution in [-0.4, -0.2) is 40.1 Å². The van der Waals surface area contributed by atoms with Crippen molar-refractivity contribution in [3.63, 3.8) is 0 Å². The predicted octanol–water partition coefficient (Wildman–Crippen LogP) is 5.20. The standard InChI is InChI=1S/C21H23F4IN2O/c1-4-5-14-12(3)27-19-15(14)6-11(2)28(9-21(24,25)10-29)20(19)18-16(22)7-13(26)8-17(18)23/h4-5,7-8,11,20,27,29H,6,9-10H2,1-3H3/b5-4-/t11-,20-/m1/s1.